The van der Waals surface area contributed by atoms with E-state index < -0.39 is 5.54 Å². The maximum atomic E-state index is 12.0. The van der Waals surface area contributed by atoms with Crippen molar-refractivity contribution in [1.29, 1.82) is 0 Å². The summed E-state index contributed by atoms with van der Waals surface area (Å²) < 4.78 is 0. The Morgan fingerprint density at radius 3 is 2.64 bits per heavy atom. The molecule has 0 aromatic heterocycles. The molecule has 0 aliphatic carbocycles. The number of nitrogens with one attached hydrogen (secondary N) is 2. The predicted molar refractivity (Wildman–Crippen MR) is 99.6 cm³/mol. The van der Waals surface area contributed by atoms with Crippen molar-refractivity contribution in [2.45, 2.75) is 32.4 Å². The van der Waals surface area contributed by atoms with Gasteiger partial charge in [-0.3, -0.25) is 14.5 Å². The van der Waals surface area contributed by atoms with Crippen LogP contribution in [0.25, 0.3) is 0 Å². The molecule has 8 heteroatoms. The van der Waals surface area contributed by atoms with Crippen LogP contribution in [0.5, 0.6) is 0 Å². The fourth-order valence-corrected chi connectivity index (χ4v) is 3.42. The van der Waals surface area contributed by atoms with Gasteiger partial charge in [0.15, 0.2) is 0 Å². The summed E-state index contributed by atoms with van der Waals surface area (Å²) in [6.45, 7) is 4.12. The van der Waals surface area contributed by atoms with E-state index in [0.29, 0.717) is 36.0 Å². The Labute approximate surface area is 156 Å². The molecule has 1 saturated heterocycles. The van der Waals surface area contributed by atoms with E-state index in [1.54, 1.807) is 19.9 Å². The van der Waals surface area contributed by atoms with Crippen LogP contribution in [0, 0.1) is 0 Å². The van der Waals surface area contributed by atoms with Crippen LogP contribution in [0.1, 0.15) is 25.8 Å². The summed E-state index contributed by atoms with van der Waals surface area (Å²) in [4.78, 5) is 36.8. The third kappa shape index (κ3) is 5.37. The Hall–Kier alpha value is -1.73. The van der Waals surface area contributed by atoms with E-state index in [2.05, 4.69) is 10.6 Å². The molecule has 0 radical (unpaired) electrons. The van der Waals surface area contributed by atoms with Crippen molar-refractivity contribution in [2.75, 3.05) is 18.1 Å². The first-order chi connectivity index (χ1) is 11.8. The molecule has 136 valence electrons. The van der Waals surface area contributed by atoms with E-state index in [0.717, 1.165) is 5.56 Å². The Morgan fingerprint density at radius 1 is 1.28 bits per heavy atom. The van der Waals surface area contributed by atoms with Gasteiger partial charge in [-0.05, 0) is 25.5 Å². The molecular formula is C17H22ClN3O3S. The summed E-state index contributed by atoms with van der Waals surface area (Å²) in [6, 6.07) is 7.03. The first-order valence-electron chi connectivity index (χ1n) is 8.03. The third-order valence-electron chi connectivity index (χ3n) is 3.81. The van der Waals surface area contributed by atoms with Crippen molar-refractivity contribution in [1.82, 2.24) is 15.5 Å². The van der Waals surface area contributed by atoms with Gasteiger partial charge >= 0.3 is 6.03 Å². The van der Waals surface area contributed by atoms with Gasteiger partial charge in [-0.2, -0.15) is 11.8 Å². The van der Waals surface area contributed by atoms with Gasteiger partial charge in [-0.15, -0.1) is 0 Å². The highest BCUT2D eigenvalue weighted by atomic mass is 35.5. The van der Waals surface area contributed by atoms with Crippen LogP contribution in [-0.4, -0.2) is 46.3 Å². The summed E-state index contributed by atoms with van der Waals surface area (Å²) in [5.41, 5.74) is 0.0479. The number of halogens is 1. The zero-order valence-electron chi connectivity index (χ0n) is 14.3. The van der Waals surface area contributed by atoms with Crippen LogP contribution < -0.4 is 10.6 Å². The fourth-order valence-electron chi connectivity index (χ4n) is 2.37. The van der Waals surface area contributed by atoms with E-state index in [1.807, 2.05) is 18.2 Å². The van der Waals surface area contributed by atoms with E-state index >= 15 is 0 Å². The molecular weight excluding hydrogens is 362 g/mol. The first-order valence-corrected chi connectivity index (χ1v) is 9.56. The van der Waals surface area contributed by atoms with E-state index in [-0.39, 0.29) is 17.8 Å². The lowest BCUT2D eigenvalue weighted by atomic mass is 10.1. The smallest absolute Gasteiger partial charge is 0.325 e. The van der Waals surface area contributed by atoms with Crippen molar-refractivity contribution in [3.8, 4) is 0 Å². The quantitative estimate of drug-likeness (QED) is 0.533. The number of imide groups is 1. The van der Waals surface area contributed by atoms with Gasteiger partial charge in [0.05, 0.1) is 0 Å². The van der Waals surface area contributed by atoms with Crippen molar-refractivity contribution in [3.05, 3.63) is 34.9 Å². The van der Waals surface area contributed by atoms with Crippen LogP contribution in [0.3, 0.4) is 0 Å². The lowest BCUT2D eigenvalue weighted by molar-refractivity contribution is -0.130. The molecule has 6 nitrogen and oxygen atoms in total. The van der Waals surface area contributed by atoms with Crippen molar-refractivity contribution >= 4 is 41.2 Å². The Kier molecular flexibility index (Phi) is 6.72. The van der Waals surface area contributed by atoms with Gasteiger partial charge in [0.25, 0.3) is 5.91 Å². The molecule has 4 amide bonds. The van der Waals surface area contributed by atoms with Crippen LogP contribution >= 0.6 is 23.4 Å². The fraction of sp³-hybridized carbons (Fsp3) is 0.471. The summed E-state index contributed by atoms with van der Waals surface area (Å²) in [5.74, 6) is 0.966. The summed E-state index contributed by atoms with van der Waals surface area (Å²) >= 11 is 7.58. The average molecular weight is 384 g/mol. The lowest BCUT2D eigenvalue weighted by Gasteiger charge is -2.15. The number of hydrogen-bond donors (Lipinski definition) is 2. The number of hydrogen-bond acceptors (Lipinski definition) is 4. The molecule has 0 bridgehead atoms. The van der Waals surface area contributed by atoms with Crippen molar-refractivity contribution < 1.29 is 14.4 Å². The van der Waals surface area contributed by atoms with Gasteiger partial charge in [-0.25, -0.2) is 4.79 Å². The maximum Gasteiger partial charge on any atom is 0.325 e. The second kappa shape index (κ2) is 8.58. The number of thioether (sulfide) groups is 1. The molecule has 25 heavy (non-hydrogen) atoms. The third-order valence-corrected chi connectivity index (χ3v) is 5.14. The van der Waals surface area contributed by atoms with E-state index in [9.17, 15) is 14.4 Å². The molecule has 1 heterocycles. The van der Waals surface area contributed by atoms with Gasteiger partial charge < -0.3 is 10.6 Å². The van der Waals surface area contributed by atoms with E-state index in [1.165, 1.54) is 16.7 Å². The summed E-state index contributed by atoms with van der Waals surface area (Å²) in [7, 11) is 0. The molecule has 1 fully saturated rings. The van der Waals surface area contributed by atoms with Gasteiger partial charge in [0.1, 0.15) is 5.54 Å². The number of rotatable bonds is 8. The number of carbonyl (C=O) groups excluding carboxylic acids is 3. The molecule has 1 aliphatic heterocycles. The SMILES string of the molecule is CC1(C)NC(=O)N(CCSCCC(=O)NCc2ccccc2Cl)C1=O. The average Bonchev–Trinajstić information content (AvgIpc) is 2.75. The second-order valence-corrected chi connectivity index (χ2v) is 7.87. The zero-order valence-corrected chi connectivity index (χ0v) is 15.9. The number of urea groups is 1. The van der Waals surface area contributed by atoms with Crippen molar-refractivity contribution in [2.24, 2.45) is 0 Å². The van der Waals surface area contributed by atoms with Crippen LogP contribution in [0.4, 0.5) is 4.79 Å². The van der Waals surface area contributed by atoms with Crippen LogP contribution in [-0.2, 0) is 16.1 Å². The summed E-state index contributed by atoms with van der Waals surface area (Å²) in [6.07, 6.45) is 0.376. The number of amides is 4. The summed E-state index contributed by atoms with van der Waals surface area (Å²) in [5, 5.41) is 6.11. The minimum absolute atomic E-state index is 0.0523. The molecule has 1 aromatic rings. The predicted octanol–water partition coefficient (Wildman–Crippen LogP) is 2.41. The molecule has 2 N–H and O–H groups in total. The topological polar surface area (TPSA) is 78.5 Å². The minimum Gasteiger partial charge on any atom is -0.352 e. The standard InChI is InChI=1S/C17H22ClN3O3S/c1-17(2)15(23)21(16(24)20-17)8-10-25-9-7-14(22)19-11-12-5-3-4-6-13(12)18/h3-6H,7-11H2,1-2H3,(H,19,22)(H,20,24). The Bertz CT molecular complexity index is 666. The number of nitrogens with zero attached hydrogens (tertiary/aromatic N) is 1. The second-order valence-electron chi connectivity index (χ2n) is 6.24. The van der Waals surface area contributed by atoms with Crippen LogP contribution in [0.2, 0.25) is 5.02 Å². The van der Waals surface area contributed by atoms with Crippen LogP contribution in [0.15, 0.2) is 24.3 Å². The zero-order chi connectivity index (χ0) is 18.4. The van der Waals surface area contributed by atoms with Crippen molar-refractivity contribution in [3.63, 3.8) is 0 Å². The highest BCUT2D eigenvalue weighted by Gasteiger charge is 2.43. The Morgan fingerprint density at radius 2 is 2.00 bits per heavy atom. The van der Waals surface area contributed by atoms with E-state index in [4.69, 9.17) is 11.6 Å². The van der Waals surface area contributed by atoms with Gasteiger partial charge in [-0.1, -0.05) is 29.8 Å². The lowest BCUT2D eigenvalue weighted by Crippen LogP contribution is -2.40. The normalized spacial score (nSPS) is 16.0. The first kappa shape index (κ1) is 19.6. The molecule has 0 atom stereocenters. The number of carbonyl (C=O) groups is 3. The molecule has 0 spiro atoms. The maximum absolute atomic E-state index is 12.0. The van der Waals surface area contributed by atoms with Gasteiger partial charge in [0.2, 0.25) is 5.91 Å². The molecule has 2 rings (SSSR count). The molecule has 1 aromatic carbocycles. The monoisotopic (exact) mass is 383 g/mol. The Balaban J connectivity index is 1.62. The molecule has 0 saturated carbocycles. The molecule has 0 unspecified atom stereocenters. The molecule has 1 aliphatic rings. The number of benzene rings is 1. The highest BCUT2D eigenvalue weighted by Crippen LogP contribution is 2.17. The highest BCUT2D eigenvalue weighted by molar-refractivity contribution is 7.99. The minimum atomic E-state index is -0.833. The largest absolute Gasteiger partial charge is 0.352 e. The van der Waals surface area contributed by atoms with Gasteiger partial charge in [0, 0.05) is 36.0 Å².